The van der Waals surface area contributed by atoms with Crippen molar-refractivity contribution >= 4 is 23.3 Å². The molecule has 2 rings (SSSR count). The number of nitrogens with zero attached hydrogens (tertiary/aromatic N) is 1. The quantitative estimate of drug-likeness (QED) is 0.839. The topological polar surface area (TPSA) is 42.0 Å². The number of nitrogens with one attached hydrogen (secondary N) is 1. The molecule has 0 aromatic carbocycles. The molecule has 0 spiro atoms. The molecule has 0 saturated heterocycles. The Kier molecular flexibility index (Phi) is 4.05. The lowest BCUT2D eigenvalue weighted by molar-refractivity contribution is -0.116. The summed E-state index contributed by atoms with van der Waals surface area (Å²) in [5.74, 6) is -0.0951. The monoisotopic (exact) mass is 244 g/mol. The molecule has 3 nitrogen and oxygen atoms in total. The maximum absolute atomic E-state index is 11.5. The average molecular weight is 244 g/mol. The van der Waals surface area contributed by atoms with Gasteiger partial charge in [0.2, 0.25) is 5.91 Å². The molecule has 2 aromatic rings. The number of thiophene rings is 1. The fourth-order valence-electron chi connectivity index (χ4n) is 1.29. The van der Waals surface area contributed by atoms with Gasteiger partial charge in [-0.05, 0) is 29.2 Å². The Bertz CT molecular complexity index is 491. The van der Waals surface area contributed by atoms with Crippen LogP contribution in [-0.4, -0.2) is 10.9 Å². The summed E-state index contributed by atoms with van der Waals surface area (Å²) >= 11 is 1.60. The van der Waals surface area contributed by atoms with Crippen molar-refractivity contribution in [1.29, 1.82) is 0 Å². The molecule has 2 aromatic heterocycles. The third-order valence-corrected chi connectivity index (χ3v) is 2.97. The summed E-state index contributed by atoms with van der Waals surface area (Å²) < 4.78 is 0. The minimum absolute atomic E-state index is 0.0951. The first-order valence-electron chi connectivity index (χ1n) is 5.23. The number of pyridine rings is 1. The maximum Gasteiger partial charge on any atom is 0.244 e. The van der Waals surface area contributed by atoms with Crippen LogP contribution in [0.1, 0.15) is 10.4 Å². The smallest absolute Gasteiger partial charge is 0.244 e. The van der Waals surface area contributed by atoms with E-state index < -0.39 is 0 Å². The lowest BCUT2D eigenvalue weighted by Crippen LogP contribution is -2.20. The summed E-state index contributed by atoms with van der Waals surface area (Å²) in [6, 6.07) is 7.70. The molecule has 86 valence electrons. The summed E-state index contributed by atoms with van der Waals surface area (Å²) in [5.41, 5.74) is 0.991. The van der Waals surface area contributed by atoms with Gasteiger partial charge in [0.15, 0.2) is 0 Å². The highest BCUT2D eigenvalue weighted by atomic mass is 32.1. The zero-order chi connectivity index (χ0) is 11.9. The Hall–Kier alpha value is -1.94. The second-order valence-corrected chi connectivity index (χ2v) is 4.41. The zero-order valence-electron chi connectivity index (χ0n) is 9.17. The van der Waals surface area contributed by atoms with E-state index in [1.165, 1.54) is 0 Å². The normalized spacial score (nSPS) is 10.6. The van der Waals surface area contributed by atoms with E-state index in [1.807, 2.05) is 35.7 Å². The summed E-state index contributed by atoms with van der Waals surface area (Å²) in [4.78, 5) is 16.6. The van der Waals surface area contributed by atoms with Gasteiger partial charge in [-0.2, -0.15) is 0 Å². The Morgan fingerprint density at radius 1 is 1.41 bits per heavy atom. The standard InChI is InChI=1S/C13H12N2OS/c16-13(6-5-12-4-2-8-17-12)15-10-11-3-1-7-14-9-11/h1-9H,10H2,(H,15,16)/b6-5+. The fraction of sp³-hybridized carbons (Fsp3) is 0.0769. The third kappa shape index (κ3) is 3.85. The molecule has 2 heterocycles. The highest BCUT2D eigenvalue weighted by Gasteiger charge is 1.96. The van der Waals surface area contributed by atoms with Crippen LogP contribution >= 0.6 is 11.3 Å². The number of rotatable bonds is 4. The van der Waals surface area contributed by atoms with E-state index in [-0.39, 0.29) is 5.91 Å². The van der Waals surface area contributed by atoms with Crippen LogP contribution in [0.15, 0.2) is 48.1 Å². The fourth-order valence-corrected chi connectivity index (χ4v) is 1.91. The van der Waals surface area contributed by atoms with Gasteiger partial charge in [0.25, 0.3) is 0 Å². The molecule has 0 radical (unpaired) electrons. The predicted octanol–water partition coefficient (Wildman–Crippen LogP) is 2.47. The molecule has 0 aliphatic carbocycles. The van der Waals surface area contributed by atoms with Crippen molar-refractivity contribution < 1.29 is 4.79 Å². The molecule has 0 bridgehead atoms. The van der Waals surface area contributed by atoms with Crippen LogP contribution in [-0.2, 0) is 11.3 Å². The molecule has 0 saturated carbocycles. The number of hydrogen-bond acceptors (Lipinski definition) is 3. The molecule has 0 fully saturated rings. The Morgan fingerprint density at radius 3 is 3.06 bits per heavy atom. The largest absolute Gasteiger partial charge is 0.348 e. The van der Waals surface area contributed by atoms with Gasteiger partial charge in [0, 0.05) is 29.9 Å². The van der Waals surface area contributed by atoms with Crippen molar-refractivity contribution in [2.24, 2.45) is 0 Å². The van der Waals surface area contributed by atoms with E-state index in [4.69, 9.17) is 0 Å². The summed E-state index contributed by atoms with van der Waals surface area (Å²) in [6.07, 6.45) is 6.80. The Morgan fingerprint density at radius 2 is 2.35 bits per heavy atom. The van der Waals surface area contributed by atoms with Gasteiger partial charge in [-0.1, -0.05) is 12.1 Å². The van der Waals surface area contributed by atoms with Crippen LogP contribution in [0.4, 0.5) is 0 Å². The first-order chi connectivity index (χ1) is 8.34. The van der Waals surface area contributed by atoms with Gasteiger partial charge in [-0.3, -0.25) is 9.78 Å². The average Bonchev–Trinajstić information content (AvgIpc) is 2.88. The van der Waals surface area contributed by atoms with Crippen LogP contribution in [0.3, 0.4) is 0 Å². The third-order valence-electron chi connectivity index (χ3n) is 2.13. The molecule has 1 N–H and O–H groups in total. The van der Waals surface area contributed by atoms with Gasteiger partial charge in [-0.25, -0.2) is 0 Å². The van der Waals surface area contributed by atoms with Crippen molar-refractivity contribution in [1.82, 2.24) is 10.3 Å². The molecule has 0 aliphatic rings. The van der Waals surface area contributed by atoms with E-state index >= 15 is 0 Å². The lowest BCUT2D eigenvalue weighted by Gasteiger charge is -2.00. The SMILES string of the molecule is O=C(/C=C/c1cccs1)NCc1cccnc1. The second-order valence-electron chi connectivity index (χ2n) is 3.43. The zero-order valence-corrected chi connectivity index (χ0v) is 9.98. The molecular formula is C13H12N2OS. The first kappa shape index (κ1) is 11.5. The predicted molar refractivity (Wildman–Crippen MR) is 69.4 cm³/mol. The van der Waals surface area contributed by atoms with Crippen LogP contribution in [0.2, 0.25) is 0 Å². The Labute approximate surface area is 104 Å². The molecule has 0 atom stereocenters. The highest BCUT2D eigenvalue weighted by Crippen LogP contribution is 2.09. The summed E-state index contributed by atoms with van der Waals surface area (Å²) in [5, 5.41) is 4.78. The Balaban J connectivity index is 1.82. The van der Waals surface area contributed by atoms with E-state index in [0.717, 1.165) is 10.4 Å². The molecule has 4 heteroatoms. The van der Waals surface area contributed by atoms with Gasteiger partial charge in [0.05, 0.1) is 0 Å². The number of aromatic nitrogens is 1. The lowest BCUT2D eigenvalue weighted by atomic mass is 10.3. The summed E-state index contributed by atoms with van der Waals surface area (Å²) in [7, 11) is 0. The molecule has 0 unspecified atom stereocenters. The van der Waals surface area contributed by atoms with Crippen molar-refractivity contribution in [3.63, 3.8) is 0 Å². The number of carbonyl (C=O) groups excluding carboxylic acids is 1. The van der Waals surface area contributed by atoms with E-state index in [9.17, 15) is 4.79 Å². The van der Waals surface area contributed by atoms with Crippen LogP contribution in [0.5, 0.6) is 0 Å². The van der Waals surface area contributed by atoms with Crippen LogP contribution < -0.4 is 5.32 Å². The molecule has 1 amide bonds. The minimum atomic E-state index is -0.0951. The van der Waals surface area contributed by atoms with Crippen molar-refractivity contribution in [2.75, 3.05) is 0 Å². The van der Waals surface area contributed by atoms with E-state index in [0.29, 0.717) is 6.54 Å². The molecule has 17 heavy (non-hydrogen) atoms. The minimum Gasteiger partial charge on any atom is -0.348 e. The van der Waals surface area contributed by atoms with E-state index in [1.54, 1.807) is 29.8 Å². The van der Waals surface area contributed by atoms with Crippen molar-refractivity contribution in [2.45, 2.75) is 6.54 Å². The molecule has 0 aliphatic heterocycles. The summed E-state index contributed by atoms with van der Waals surface area (Å²) in [6.45, 7) is 0.501. The number of amides is 1. The van der Waals surface area contributed by atoms with Gasteiger partial charge in [0.1, 0.15) is 0 Å². The first-order valence-corrected chi connectivity index (χ1v) is 6.11. The number of hydrogen-bond donors (Lipinski definition) is 1. The van der Waals surface area contributed by atoms with Crippen molar-refractivity contribution in [3.05, 3.63) is 58.6 Å². The second kappa shape index (κ2) is 5.96. The maximum atomic E-state index is 11.5. The van der Waals surface area contributed by atoms with E-state index in [2.05, 4.69) is 10.3 Å². The van der Waals surface area contributed by atoms with Crippen LogP contribution in [0.25, 0.3) is 6.08 Å². The van der Waals surface area contributed by atoms with Gasteiger partial charge in [-0.15, -0.1) is 11.3 Å². The van der Waals surface area contributed by atoms with Crippen molar-refractivity contribution in [3.8, 4) is 0 Å². The highest BCUT2D eigenvalue weighted by molar-refractivity contribution is 7.10. The van der Waals surface area contributed by atoms with Crippen LogP contribution in [0, 0.1) is 0 Å². The van der Waals surface area contributed by atoms with Gasteiger partial charge >= 0.3 is 0 Å². The number of carbonyl (C=O) groups is 1. The van der Waals surface area contributed by atoms with Gasteiger partial charge < -0.3 is 5.32 Å². The molecular weight excluding hydrogens is 232 g/mol.